The van der Waals surface area contributed by atoms with Crippen LogP contribution in [-0.4, -0.2) is 29.6 Å². The Morgan fingerprint density at radius 1 is 1.20 bits per heavy atom. The SMILES string of the molecule is NC(=O)CCNC(=O)Nc1cc(F)c(F)cc1C(=O)O. The topological polar surface area (TPSA) is 122 Å². The average Bonchev–Trinajstić information content (AvgIpc) is 2.32. The number of carboxylic acids is 1. The van der Waals surface area contributed by atoms with E-state index in [9.17, 15) is 23.2 Å². The van der Waals surface area contributed by atoms with Gasteiger partial charge < -0.3 is 21.5 Å². The molecule has 0 saturated heterocycles. The number of hydrogen-bond donors (Lipinski definition) is 4. The highest BCUT2D eigenvalue weighted by Gasteiger charge is 2.16. The van der Waals surface area contributed by atoms with E-state index in [1.54, 1.807) is 0 Å². The molecule has 3 amide bonds. The molecule has 0 aliphatic rings. The first-order valence-electron chi connectivity index (χ1n) is 5.36. The number of primary amides is 1. The van der Waals surface area contributed by atoms with E-state index in [4.69, 9.17) is 10.8 Å². The molecule has 108 valence electrons. The lowest BCUT2D eigenvalue weighted by atomic mass is 10.1. The summed E-state index contributed by atoms with van der Waals surface area (Å²) in [5, 5.41) is 13.1. The second-order valence-corrected chi connectivity index (χ2v) is 3.71. The normalized spacial score (nSPS) is 9.90. The van der Waals surface area contributed by atoms with Gasteiger partial charge in [-0.2, -0.15) is 0 Å². The van der Waals surface area contributed by atoms with Gasteiger partial charge >= 0.3 is 12.0 Å². The molecule has 0 saturated carbocycles. The molecule has 1 rings (SSSR count). The van der Waals surface area contributed by atoms with Crippen molar-refractivity contribution < 1.29 is 28.3 Å². The molecule has 0 fully saturated rings. The molecular weight excluding hydrogens is 276 g/mol. The number of carboxylic acid groups (broad SMARTS) is 1. The molecule has 0 bridgehead atoms. The molecule has 20 heavy (non-hydrogen) atoms. The highest BCUT2D eigenvalue weighted by molar-refractivity contribution is 6.00. The lowest BCUT2D eigenvalue weighted by Crippen LogP contribution is -2.32. The van der Waals surface area contributed by atoms with Crippen LogP contribution < -0.4 is 16.4 Å². The van der Waals surface area contributed by atoms with Gasteiger partial charge in [0.1, 0.15) is 0 Å². The van der Waals surface area contributed by atoms with Crippen LogP contribution in [0.2, 0.25) is 0 Å². The summed E-state index contributed by atoms with van der Waals surface area (Å²) in [6, 6.07) is 0.128. The maximum Gasteiger partial charge on any atom is 0.337 e. The van der Waals surface area contributed by atoms with E-state index in [1.807, 2.05) is 5.32 Å². The summed E-state index contributed by atoms with van der Waals surface area (Å²) < 4.78 is 26.0. The standard InChI is InChI=1S/C11H11F2N3O4/c12-6-3-5(10(18)19)8(4-7(6)13)16-11(20)15-2-1-9(14)17/h3-4H,1-2H2,(H2,14,17)(H,18,19)(H2,15,16,20). The minimum Gasteiger partial charge on any atom is -0.478 e. The molecule has 5 N–H and O–H groups in total. The fraction of sp³-hybridized carbons (Fsp3) is 0.182. The summed E-state index contributed by atoms with van der Waals surface area (Å²) in [5.41, 5.74) is 3.84. The summed E-state index contributed by atoms with van der Waals surface area (Å²) in [6.45, 7) is -0.0761. The Bertz CT molecular complexity index is 563. The number of rotatable bonds is 5. The van der Waals surface area contributed by atoms with Crippen molar-refractivity contribution in [3.63, 3.8) is 0 Å². The molecular formula is C11H11F2N3O4. The van der Waals surface area contributed by atoms with Gasteiger partial charge in [0.25, 0.3) is 0 Å². The largest absolute Gasteiger partial charge is 0.478 e. The molecule has 1 aromatic carbocycles. The van der Waals surface area contributed by atoms with Gasteiger partial charge in [0.05, 0.1) is 11.3 Å². The van der Waals surface area contributed by atoms with E-state index >= 15 is 0 Å². The fourth-order valence-corrected chi connectivity index (χ4v) is 1.29. The van der Waals surface area contributed by atoms with Crippen LogP contribution in [0.5, 0.6) is 0 Å². The molecule has 0 unspecified atom stereocenters. The summed E-state index contributed by atoms with van der Waals surface area (Å²) >= 11 is 0. The van der Waals surface area contributed by atoms with Crippen LogP contribution in [0.15, 0.2) is 12.1 Å². The Kier molecular flexibility index (Phi) is 4.95. The second kappa shape index (κ2) is 6.45. The molecule has 0 aromatic heterocycles. The lowest BCUT2D eigenvalue weighted by Gasteiger charge is -2.10. The Morgan fingerprint density at radius 3 is 2.35 bits per heavy atom. The number of carbonyl (C=O) groups is 3. The molecule has 1 aromatic rings. The predicted molar refractivity (Wildman–Crippen MR) is 64.2 cm³/mol. The molecule has 0 aliphatic carbocycles. The summed E-state index contributed by atoms with van der Waals surface area (Å²) in [6.07, 6.45) is -0.114. The van der Waals surface area contributed by atoms with Crippen molar-refractivity contribution in [2.75, 3.05) is 11.9 Å². The van der Waals surface area contributed by atoms with Gasteiger partial charge in [-0.25, -0.2) is 18.4 Å². The zero-order valence-electron chi connectivity index (χ0n) is 10.1. The zero-order chi connectivity index (χ0) is 15.3. The van der Waals surface area contributed by atoms with Crippen LogP contribution in [-0.2, 0) is 4.79 Å². The number of halogens is 2. The molecule has 0 heterocycles. The van der Waals surface area contributed by atoms with Gasteiger partial charge in [-0.15, -0.1) is 0 Å². The first-order valence-corrected chi connectivity index (χ1v) is 5.36. The maximum absolute atomic E-state index is 13.0. The first-order chi connectivity index (χ1) is 9.31. The van der Waals surface area contributed by atoms with E-state index < -0.39 is 40.8 Å². The molecule has 0 atom stereocenters. The Hall–Kier alpha value is -2.71. The second-order valence-electron chi connectivity index (χ2n) is 3.71. The van der Waals surface area contributed by atoms with Crippen LogP contribution in [0, 0.1) is 11.6 Å². The summed E-state index contributed by atoms with van der Waals surface area (Å²) in [4.78, 5) is 32.7. The lowest BCUT2D eigenvalue weighted by molar-refractivity contribution is -0.117. The van der Waals surface area contributed by atoms with Crippen LogP contribution >= 0.6 is 0 Å². The molecule has 9 heteroatoms. The Labute approximate surface area is 111 Å². The predicted octanol–water partition coefficient (Wildman–Crippen LogP) is 0.660. The van der Waals surface area contributed by atoms with Crippen molar-refractivity contribution in [2.24, 2.45) is 5.73 Å². The molecule has 7 nitrogen and oxygen atoms in total. The number of amides is 3. The zero-order valence-corrected chi connectivity index (χ0v) is 10.1. The molecule has 0 spiro atoms. The van der Waals surface area contributed by atoms with Crippen molar-refractivity contribution in [1.82, 2.24) is 5.32 Å². The number of aromatic carboxylic acids is 1. The number of urea groups is 1. The highest BCUT2D eigenvalue weighted by atomic mass is 19.2. The van der Waals surface area contributed by atoms with Gasteiger partial charge in [-0.1, -0.05) is 0 Å². The van der Waals surface area contributed by atoms with Crippen molar-refractivity contribution in [3.8, 4) is 0 Å². The van der Waals surface area contributed by atoms with Crippen molar-refractivity contribution >= 4 is 23.6 Å². The number of benzene rings is 1. The molecule has 0 aliphatic heterocycles. The smallest absolute Gasteiger partial charge is 0.337 e. The number of nitrogens with one attached hydrogen (secondary N) is 2. The van der Waals surface area contributed by atoms with Gasteiger partial charge in [0.15, 0.2) is 11.6 Å². The van der Waals surface area contributed by atoms with Crippen LogP contribution in [0.4, 0.5) is 19.3 Å². The average molecular weight is 287 g/mol. The number of hydrogen-bond acceptors (Lipinski definition) is 3. The van der Waals surface area contributed by atoms with Gasteiger partial charge in [-0.05, 0) is 6.07 Å². The third-order valence-electron chi connectivity index (χ3n) is 2.20. The number of anilines is 1. The molecule has 0 radical (unpaired) electrons. The van der Waals surface area contributed by atoms with E-state index in [0.717, 1.165) is 0 Å². The van der Waals surface area contributed by atoms with Crippen molar-refractivity contribution in [1.29, 1.82) is 0 Å². The highest BCUT2D eigenvalue weighted by Crippen LogP contribution is 2.20. The first kappa shape index (κ1) is 15.3. The minimum atomic E-state index is -1.53. The van der Waals surface area contributed by atoms with Crippen molar-refractivity contribution in [3.05, 3.63) is 29.3 Å². The fourth-order valence-electron chi connectivity index (χ4n) is 1.29. The monoisotopic (exact) mass is 287 g/mol. The van der Waals surface area contributed by atoms with Crippen molar-refractivity contribution in [2.45, 2.75) is 6.42 Å². The van der Waals surface area contributed by atoms with Crippen LogP contribution in [0.25, 0.3) is 0 Å². The van der Waals surface area contributed by atoms with Crippen LogP contribution in [0.3, 0.4) is 0 Å². The quantitative estimate of drug-likeness (QED) is 0.635. The van der Waals surface area contributed by atoms with E-state index in [2.05, 4.69) is 5.32 Å². The third-order valence-corrected chi connectivity index (χ3v) is 2.20. The Morgan fingerprint density at radius 2 is 1.80 bits per heavy atom. The van der Waals surface area contributed by atoms with E-state index in [-0.39, 0.29) is 13.0 Å². The Balaban J connectivity index is 2.80. The minimum absolute atomic E-state index is 0.0761. The van der Waals surface area contributed by atoms with E-state index in [0.29, 0.717) is 12.1 Å². The summed E-state index contributed by atoms with van der Waals surface area (Å²) in [5.74, 6) is -4.81. The summed E-state index contributed by atoms with van der Waals surface area (Å²) in [7, 11) is 0. The third kappa shape index (κ3) is 4.19. The van der Waals surface area contributed by atoms with Gasteiger partial charge in [0, 0.05) is 19.0 Å². The maximum atomic E-state index is 13.0. The van der Waals surface area contributed by atoms with Gasteiger partial charge in [-0.3, -0.25) is 4.79 Å². The number of carbonyl (C=O) groups excluding carboxylic acids is 2. The van der Waals surface area contributed by atoms with E-state index in [1.165, 1.54) is 0 Å². The van der Waals surface area contributed by atoms with Gasteiger partial charge in [0.2, 0.25) is 5.91 Å². The number of nitrogens with two attached hydrogens (primary N) is 1. The van der Waals surface area contributed by atoms with Crippen LogP contribution in [0.1, 0.15) is 16.8 Å².